The van der Waals surface area contributed by atoms with Crippen molar-refractivity contribution >= 4 is 5.97 Å². The van der Waals surface area contributed by atoms with Crippen molar-refractivity contribution in [2.75, 3.05) is 13.2 Å². The van der Waals surface area contributed by atoms with E-state index in [-0.39, 0.29) is 19.4 Å². The Hall–Kier alpha value is -1.67. The van der Waals surface area contributed by atoms with Gasteiger partial charge in [0.2, 0.25) is 0 Å². The van der Waals surface area contributed by atoms with E-state index in [9.17, 15) is 30.3 Å². The maximum absolute atomic E-state index is 12.7. The molecule has 8 rings (SSSR count). The molecule has 11 nitrogen and oxygen atoms in total. The summed E-state index contributed by atoms with van der Waals surface area (Å²) in [6, 6.07) is 8.47. The van der Waals surface area contributed by atoms with Crippen LogP contribution in [0.15, 0.2) is 30.3 Å². The fourth-order valence-electron chi connectivity index (χ4n) is 6.87. The van der Waals surface area contributed by atoms with Gasteiger partial charge in [-0.25, -0.2) is 4.79 Å². The summed E-state index contributed by atoms with van der Waals surface area (Å²) in [4.78, 5) is 12.7. The van der Waals surface area contributed by atoms with Gasteiger partial charge in [0, 0.05) is 12.3 Å². The number of carbonyl (C=O) groups excluding carboxylic acids is 1. The molecule has 3 aliphatic carbocycles. The molecule has 0 radical (unpaired) electrons. The average molecular weight is 480 g/mol. The third kappa shape index (κ3) is 2.59. The first-order valence-electron chi connectivity index (χ1n) is 11.4. The first-order chi connectivity index (χ1) is 16.1. The molecule has 0 spiro atoms. The first kappa shape index (κ1) is 22.8. The van der Waals surface area contributed by atoms with Gasteiger partial charge in [-0.15, -0.1) is 0 Å². The number of carbonyl (C=O) groups is 1. The monoisotopic (exact) mass is 480 g/mol. The van der Waals surface area contributed by atoms with Crippen LogP contribution in [0.2, 0.25) is 0 Å². The molecule has 3 saturated carbocycles. The van der Waals surface area contributed by atoms with Gasteiger partial charge < -0.3 is 49.2 Å². The highest BCUT2D eigenvalue weighted by molar-refractivity contribution is 5.89. The van der Waals surface area contributed by atoms with E-state index in [0.29, 0.717) is 5.56 Å². The maximum atomic E-state index is 12.7. The smallest absolute Gasteiger partial charge is 0.338 e. The van der Waals surface area contributed by atoms with Gasteiger partial charge in [-0.05, 0) is 25.5 Å². The summed E-state index contributed by atoms with van der Waals surface area (Å²) < 4.78 is 29.7. The standard InChI is InChI=1S/C23H28O11/c1-20-9-22(29)13-7-23(20,32-18-16(27)15(26)14(25)12(8-24)31-18)21(13,19(33-20)34-22)10-30-17(28)11-5-3-2-4-6-11/h2-6,12-16,18-19,24-27,29H,7-10H2,1H3/t12-,13-,14-,15+,16-,18+,19?,20+,21?,22+,23+/m1/s1. The zero-order valence-electron chi connectivity index (χ0n) is 18.4. The van der Waals surface area contributed by atoms with Crippen molar-refractivity contribution in [2.45, 2.75) is 73.8 Å². The SMILES string of the molecule is C[C@@]12C[C@]3(O)OC(O1)C1(COC(=O)c4ccccc4)[C@H]3C[C@@]12O[C@@H]1O[C@H](CO)[C@@H](O)[C@H](O)[C@H]1O. The Kier molecular flexibility index (Phi) is 4.81. The highest BCUT2D eigenvalue weighted by Crippen LogP contribution is 2.81. The Morgan fingerprint density at radius 1 is 1.12 bits per heavy atom. The minimum atomic E-state index is -1.61. The van der Waals surface area contributed by atoms with Crippen molar-refractivity contribution in [1.82, 2.24) is 0 Å². The third-order valence-electron chi connectivity index (χ3n) is 8.57. The summed E-state index contributed by atoms with van der Waals surface area (Å²) >= 11 is 0. The third-order valence-corrected chi connectivity index (χ3v) is 8.57. The number of ether oxygens (including phenoxy) is 5. The van der Waals surface area contributed by atoms with Crippen LogP contribution in [0.5, 0.6) is 0 Å². The van der Waals surface area contributed by atoms with E-state index in [4.69, 9.17) is 23.7 Å². The van der Waals surface area contributed by atoms with Crippen molar-refractivity contribution in [1.29, 1.82) is 0 Å². The van der Waals surface area contributed by atoms with Gasteiger partial charge >= 0.3 is 5.97 Å². The highest BCUT2D eigenvalue weighted by Gasteiger charge is 2.94. The summed E-state index contributed by atoms with van der Waals surface area (Å²) in [7, 11) is 0. The molecule has 7 aliphatic rings. The first-order valence-corrected chi connectivity index (χ1v) is 11.4. The van der Waals surface area contributed by atoms with Crippen LogP contribution in [-0.4, -0.2) is 98.7 Å². The molecule has 2 unspecified atom stereocenters. The molecule has 5 N–H and O–H groups in total. The predicted molar refractivity (Wildman–Crippen MR) is 109 cm³/mol. The lowest BCUT2D eigenvalue weighted by Crippen LogP contribution is -2.80. The molecule has 7 fully saturated rings. The van der Waals surface area contributed by atoms with E-state index in [1.807, 2.05) is 0 Å². The van der Waals surface area contributed by atoms with Gasteiger partial charge in [-0.1, -0.05) is 18.2 Å². The Labute approximate surface area is 194 Å². The molecular weight excluding hydrogens is 452 g/mol. The summed E-state index contributed by atoms with van der Waals surface area (Å²) in [5.74, 6) is -2.49. The Morgan fingerprint density at radius 2 is 1.85 bits per heavy atom. The maximum Gasteiger partial charge on any atom is 0.338 e. The zero-order valence-corrected chi connectivity index (χ0v) is 18.4. The summed E-state index contributed by atoms with van der Waals surface area (Å²) in [5, 5.41) is 51.7. The second-order valence-electron chi connectivity index (χ2n) is 10.2. The Bertz CT molecular complexity index is 988. The molecule has 4 heterocycles. The van der Waals surface area contributed by atoms with Crippen LogP contribution in [0.25, 0.3) is 0 Å². The molecular formula is C23H28O11. The average Bonchev–Trinajstić information content (AvgIpc) is 3.00. The van der Waals surface area contributed by atoms with E-state index in [0.717, 1.165) is 0 Å². The molecule has 1 aromatic carbocycles. The van der Waals surface area contributed by atoms with E-state index < -0.39 is 77.9 Å². The lowest BCUT2D eigenvalue weighted by Gasteiger charge is -2.67. The largest absolute Gasteiger partial charge is 0.461 e. The summed E-state index contributed by atoms with van der Waals surface area (Å²) in [5.41, 5.74) is -2.99. The molecule has 11 heteroatoms. The van der Waals surface area contributed by atoms with Crippen LogP contribution >= 0.6 is 0 Å². The van der Waals surface area contributed by atoms with Gasteiger partial charge in [0.15, 0.2) is 18.4 Å². The van der Waals surface area contributed by atoms with Gasteiger partial charge in [-0.2, -0.15) is 0 Å². The van der Waals surface area contributed by atoms with Crippen LogP contribution in [-0.2, 0) is 23.7 Å². The van der Waals surface area contributed by atoms with Gasteiger partial charge in [-0.3, -0.25) is 0 Å². The van der Waals surface area contributed by atoms with Crippen LogP contribution in [0, 0.1) is 11.3 Å². The van der Waals surface area contributed by atoms with E-state index in [1.165, 1.54) is 0 Å². The quantitative estimate of drug-likeness (QED) is 0.306. The van der Waals surface area contributed by atoms with Crippen molar-refractivity contribution in [3.8, 4) is 0 Å². The topological polar surface area (TPSA) is 164 Å². The lowest BCUT2D eigenvalue weighted by atomic mass is 9.41. The highest BCUT2D eigenvalue weighted by atomic mass is 16.8. The number of aliphatic hydroxyl groups is 5. The minimum Gasteiger partial charge on any atom is -0.461 e. The van der Waals surface area contributed by atoms with Crippen molar-refractivity contribution in [3.05, 3.63) is 35.9 Å². The fourth-order valence-corrected chi connectivity index (χ4v) is 6.87. The van der Waals surface area contributed by atoms with Crippen LogP contribution in [0.3, 0.4) is 0 Å². The Balaban J connectivity index is 1.32. The predicted octanol–water partition coefficient (Wildman–Crippen LogP) is -1.36. The van der Waals surface area contributed by atoms with Crippen LogP contribution < -0.4 is 0 Å². The number of aliphatic hydroxyl groups excluding tert-OH is 4. The molecule has 4 aliphatic heterocycles. The normalized spacial score (nSPS) is 52.5. The number of benzene rings is 1. The van der Waals surface area contributed by atoms with Crippen molar-refractivity contribution in [2.24, 2.45) is 11.3 Å². The number of hydrogen-bond donors (Lipinski definition) is 5. The summed E-state index contributed by atoms with van der Waals surface area (Å²) in [6.07, 6.45) is -7.87. The van der Waals surface area contributed by atoms with Crippen LogP contribution in [0.1, 0.15) is 30.1 Å². The second kappa shape index (κ2) is 7.19. The molecule has 11 atom stereocenters. The van der Waals surface area contributed by atoms with Crippen molar-refractivity contribution < 1.29 is 54.0 Å². The van der Waals surface area contributed by atoms with Gasteiger partial charge in [0.1, 0.15) is 42.2 Å². The van der Waals surface area contributed by atoms with E-state index >= 15 is 0 Å². The summed E-state index contributed by atoms with van der Waals surface area (Å²) in [6.45, 7) is 0.985. The van der Waals surface area contributed by atoms with Crippen molar-refractivity contribution in [3.63, 3.8) is 0 Å². The minimum absolute atomic E-state index is 0.0902. The number of hydrogen-bond acceptors (Lipinski definition) is 11. The zero-order chi connectivity index (χ0) is 24.1. The van der Waals surface area contributed by atoms with E-state index in [1.54, 1.807) is 37.3 Å². The fraction of sp³-hybridized carbons (Fsp3) is 0.696. The number of esters is 1. The van der Waals surface area contributed by atoms with Gasteiger partial charge in [0.05, 0.1) is 17.6 Å². The number of rotatable bonds is 6. The second-order valence-corrected chi connectivity index (χ2v) is 10.2. The molecule has 1 aromatic rings. The Morgan fingerprint density at radius 3 is 2.56 bits per heavy atom. The molecule has 4 saturated heterocycles. The lowest BCUT2D eigenvalue weighted by molar-refractivity contribution is -0.424. The molecule has 6 bridgehead atoms. The molecule has 0 aromatic heterocycles. The van der Waals surface area contributed by atoms with E-state index in [2.05, 4.69) is 0 Å². The molecule has 186 valence electrons. The molecule has 0 amide bonds. The van der Waals surface area contributed by atoms with Crippen LogP contribution in [0.4, 0.5) is 0 Å². The molecule has 34 heavy (non-hydrogen) atoms. The van der Waals surface area contributed by atoms with Gasteiger partial charge in [0.25, 0.3) is 0 Å².